The highest BCUT2D eigenvalue weighted by molar-refractivity contribution is 7.87. The van der Waals surface area contributed by atoms with Crippen molar-refractivity contribution < 1.29 is 34.5 Å². The Hall–Kier alpha value is -3.42. The maximum Gasteiger partial charge on any atom is 0.328 e. The van der Waals surface area contributed by atoms with Crippen LogP contribution in [0.4, 0.5) is 0 Å². The van der Waals surface area contributed by atoms with Gasteiger partial charge >= 0.3 is 11.9 Å². The van der Waals surface area contributed by atoms with Crippen molar-refractivity contribution in [3.8, 4) is 0 Å². The Morgan fingerprint density at radius 2 is 1.78 bits per heavy atom. The van der Waals surface area contributed by atoms with Crippen LogP contribution in [-0.4, -0.2) is 78.9 Å². The molecule has 2 fully saturated rings. The first kappa shape index (κ1) is 33.9. The van der Waals surface area contributed by atoms with Gasteiger partial charge < -0.3 is 36.3 Å². The van der Waals surface area contributed by atoms with Gasteiger partial charge in [0.05, 0.1) is 23.4 Å². The highest BCUT2D eigenvalue weighted by Crippen LogP contribution is 2.39. The molecule has 4 aliphatic rings. The zero-order valence-electron chi connectivity index (χ0n) is 26.4. The molecule has 1 aromatic rings. The lowest BCUT2D eigenvalue weighted by Crippen LogP contribution is -2.36. The zero-order chi connectivity index (χ0) is 33.4. The van der Waals surface area contributed by atoms with Gasteiger partial charge in [-0.25, -0.2) is 4.79 Å². The summed E-state index contributed by atoms with van der Waals surface area (Å²) in [5, 5.41) is 40.5. The molecule has 2 saturated heterocycles. The van der Waals surface area contributed by atoms with Crippen LogP contribution in [0, 0.1) is 18.8 Å². The lowest BCUT2D eigenvalue weighted by molar-refractivity contribution is -0.137. The summed E-state index contributed by atoms with van der Waals surface area (Å²) in [7, 11) is 0. The first-order valence-electron chi connectivity index (χ1n) is 15.6. The van der Waals surface area contributed by atoms with Crippen LogP contribution in [0.15, 0.2) is 34.1 Å². The summed E-state index contributed by atoms with van der Waals surface area (Å²) >= 11 is 5.63. The number of thiol groups is 2. The van der Waals surface area contributed by atoms with Gasteiger partial charge in [-0.2, -0.15) is 12.6 Å². The molecule has 11 nitrogen and oxygen atoms in total. The number of carboxylic acids is 2. The van der Waals surface area contributed by atoms with Gasteiger partial charge in [0.15, 0.2) is 11.0 Å². The highest BCUT2D eigenvalue weighted by Gasteiger charge is 2.47. The molecule has 0 aliphatic carbocycles. The van der Waals surface area contributed by atoms with Crippen molar-refractivity contribution in [2.45, 2.75) is 82.9 Å². The normalized spacial score (nSPS) is 29.1. The second-order valence-corrected chi connectivity index (χ2v) is 14.5. The maximum absolute atomic E-state index is 12.7. The first-order valence-corrected chi connectivity index (χ1v) is 17.4. The Kier molecular flexibility index (Phi) is 10.1. The number of carboxylic acid groups (broad SMARTS) is 2. The molecule has 46 heavy (non-hydrogen) atoms. The summed E-state index contributed by atoms with van der Waals surface area (Å²) in [5.41, 5.74) is 6.66. The predicted octanol–water partition coefficient (Wildman–Crippen LogP) is 2.42. The van der Waals surface area contributed by atoms with Crippen molar-refractivity contribution in [1.82, 2.24) is 20.9 Å². The number of allylic oxidation sites excluding steroid dienone is 1. The maximum atomic E-state index is 12.7. The molecule has 248 valence electrons. The number of carbonyl (C=O) groups is 4. The number of aromatic nitrogens is 1. The van der Waals surface area contributed by atoms with E-state index in [-0.39, 0.29) is 48.6 Å². The molecule has 0 saturated carbocycles. The monoisotopic (exact) mass is 671 g/mol. The molecule has 7 N–H and O–H groups in total. The molecule has 5 heterocycles. The number of nitrogens with one attached hydrogen (secondary N) is 4. The van der Waals surface area contributed by atoms with E-state index in [1.165, 1.54) is 17.8 Å². The van der Waals surface area contributed by atoms with Crippen molar-refractivity contribution in [2.24, 2.45) is 11.8 Å². The van der Waals surface area contributed by atoms with E-state index in [4.69, 9.17) is 0 Å². The summed E-state index contributed by atoms with van der Waals surface area (Å²) in [4.78, 5) is 51.7. The molecule has 2 amide bonds. The lowest BCUT2D eigenvalue weighted by Gasteiger charge is -2.25. The van der Waals surface area contributed by atoms with E-state index >= 15 is 0 Å². The fourth-order valence-corrected chi connectivity index (χ4v) is 8.21. The molecule has 7 atom stereocenters. The van der Waals surface area contributed by atoms with Gasteiger partial charge in [0.2, 0.25) is 5.91 Å². The number of aliphatic hydroxyl groups excluding tert-OH is 1. The lowest BCUT2D eigenvalue weighted by atomic mass is 9.85. The topological polar surface area (TPSA) is 181 Å². The second kappa shape index (κ2) is 13.7. The number of amides is 2. The van der Waals surface area contributed by atoms with Crippen LogP contribution in [0.1, 0.15) is 75.1 Å². The number of H-pyrrole nitrogens is 1. The third kappa shape index (κ3) is 6.82. The molecule has 0 radical (unpaired) electrons. The fraction of sp³-hybridized carbons (Fsp3) is 0.515. The number of rotatable bonds is 13. The average Bonchev–Trinajstić information content (AvgIpc) is 3.55. The third-order valence-corrected chi connectivity index (χ3v) is 11.1. The largest absolute Gasteiger partial charge is 0.481 e. The summed E-state index contributed by atoms with van der Waals surface area (Å²) in [5.74, 6) is -1.06. The van der Waals surface area contributed by atoms with Crippen molar-refractivity contribution in [1.29, 1.82) is 0 Å². The SMILES string of the molecule is CC1=C(CCC(=O)O)/C(=C\c2[nH]c([C@H](O)C3NC(=O)[C@H](C)[C@H]3CCS)c(C)c2/C=C/C(=O)O)NC1C[C@H]1NC(=O)C([C@H]2C[SH+]2)=C1C. The minimum absolute atomic E-state index is 0.00809. The fourth-order valence-electron chi connectivity index (χ4n) is 7.12. The number of aromatic amines is 1. The van der Waals surface area contributed by atoms with Gasteiger partial charge in [-0.05, 0) is 97.9 Å². The molecule has 5 rings (SSSR count). The average molecular weight is 672 g/mol. The number of carbonyl (C=O) groups excluding carboxylic acids is 2. The van der Waals surface area contributed by atoms with E-state index in [1.54, 1.807) is 6.92 Å². The number of aliphatic hydroxyl groups is 1. The first-order chi connectivity index (χ1) is 21.8. The van der Waals surface area contributed by atoms with Crippen molar-refractivity contribution in [3.05, 3.63) is 56.6 Å². The highest BCUT2D eigenvalue weighted by atomic mass is 32.2. The Morgan fingerprint density at radius 1 is 1.09 bits per heavy atom. The molecule has 1 aromatic heterocycles. The smallest absolute Gasteiger partial charge is 0.328 e. The quantitative estimate of drug-likeness (QED) is 0.0682. The van der Waals surface area contributed by atoms with Gasteiger partial charge in [0.25, 0.3) is 5.91 Å². The van der Waals surface area contributed by atoms with Crippen LogP contribution >= 0.6 is 12.6 Å². The summed E-state index contributed by atoms with van der Waals surface area (Å²) in [6.45, 7) is 7.60. The molecular formula is C33H43N4O7S2+. The molecular weight excluding hydrogens is 629 g/mol. The third-order valence-electron chi connectivity index (χ3n) is 9.88. The van der Waals surface area contributed by atoms with E-state index < -0.39 is 24.1 Å². The summed E-state index contributed by atoms with van der Waals surface area (Å²) < 4.78 is 0. The molecule has 4 aliphatic heterocycles. The summed E-state index contributed by atoms with van der Waals surface area (Å²) in [6, 6.07) is -0.852. The summed E-state index contributed by atoms with van der Waals surface area (Å²) in [6.07, 6.45) is 4.68. The minimum atomic E-state index is -1.13. The molecule has 0 spiro atoms. The van der Waals surface area contributed by atoms with Gasteiger partial charge in [-0.15, -0.1) is 0 Å². The number of aliphatic carboxylic acids is 2. The van der Waals surface area contributed by atoms with E-state index in [1.807, 2.05) is 26.8 Å². The minimum Gasteiger partial charge on any atom is -0.481 e. The Bertz CT molecular complexity index is 1570. The van der Waals surface area contributed by atoms with E-state index in [9.17, 15) is 34.5 Å². The molecule has 2 unspecified atom stereocenters. The predicted molar refractivity (Wildman–Crippen MR) is 181 cm³/mol. The van der Waals surface area contributed by atoms with Crippen LogP contribution in [0.2, 0.25) is 0 Å². The van der Waals surface area contributed by atoms with Crippen LogP contribution in [0.25, 0.3) is 12.2 Å². The van der Waals surface area contributed by atoms with Gasteiger partial charge in [0, 0.05) is 41.4 Å². The van der Waals surface area contributed by atoms with Crippen LogP contribution in [0.3, 0.4) is 0 Å². The van der Waals surface area contributed by atoms with Crippen molar-refractivity contribution in [3.63, 3.8) is 0 Å². The van der Waals surface area contributed by atoms with E-state index in [2.05, 4.69) is 33.6 Å². The second-order valence-electron chi connectivity index (χ2n) is 12.7. The van der Waals surface area contributed by atoms with Gasteiger partial charge in [-0.1, -0.05) is 6.92 Å². The van der Waals surface area contributed by atoms with E-state index in [0.29, 0.717) is 52.1 Å². The number of hydrogen-bond acceptors (Lipinski definition) is 7. The number of hydrogen-bond donors (Lipinski definition) is 8. The molecule has 13 heteroatoms. The molecule has 0 bridgehead atoms. The Balaban J connectivity index is 1.50. The molecule has 0 aromatic carbocycles. The zero-order valence-corrected chi connectivity index (χ0v) is 28.2. The van der Waals surface area contributed by atoms with Crippen LogP contribution in [0.5, 0.6) is 0 Å². The van der Waals surface area contributed by atoms with Crippen LogP contribution in [-0.2, 0) is 30.9 Å². The Morgan fingerprint density at radius 3 is 2.41 bits per heavy atom. The Labute approximate surface area is 277 Å². The van der Waals surface area contributed by atoms with Crippen molar-refractivity contribution in [2.75, 3.05) is 11.5 Å². The van der Waals surface area contributed by atoms with Gasteiger partial charge in [-0.3, -0.25) is 14.4 Å². The van der Waals surface area contributed by atoms with E-state index in [0.717, 1.165) is 34.1 Å². The van der Waals surface area contributed by atoms with Crippen molar-refractivity contribution >= 4 is 60.3 Å². The van der Waals surface area contributed by atoms with Gasteiger partial charge in [0.1, 0.15) is 6.10 Å². The van der Waals surface area contributed by atoms with Crippen LogP contribution < -0.4 is 16.0 Å². The standard InChI is InChI=1S/C33H42N4O7S2/c1-14-18(5-7-26(38)39)23(34-21(14)11-22-17(4)28(25-13-46-25)33(44)36-22)12-24-19(6-8-27(40)41)15(2)29(35-24)31(42)30-20(9-10-45)16(3)32(43)37-30/h6,8,12,16,20-22,25,30-31,34-35,42,45H,5,7,9-11,13H2,1-4H3,(H,36,44)(H,37,43)(H,38,39)(H,40,41)/p+1/b8-6+,23-12+/t16-,20-,21?,22-,25-,30?,31+/m1/s1.